The van der Waals surface area contributed by atoms with Crippen molar-refractivity contribution in [1.29, 1.82) is 0 Å². The zero-order valence-electron chi connectivity index (χ0n) is 16.3. The Balaban J connectivity index is 0.00000261. The third-order valence-electron chi connectivity index (χ3n) is 4.42. The maximum atomic E-state index is 4.65. The second kappa shape index (κ2) is 10.1. The van der Waals surface area contributed by atoms with E-state index in [0.29, 0.717) is 12.5 Å². The van der Waals surface area contributed by atoms with E-state index < -0.39 is 0 Å². The number of nitrogens with one attached hydrogen (secondary N) is 3. The van der Waals surface area contributed by atoms with Crippen molar-refractivity contribution < 1.29 is 0 Å². The van der Waals surface area contributed by atoms with Crippen molar-refractivity contribution in [3.8, 4) is 0 Å². The van der Waals surface area contributed by atoms with E-state index in [0.717, 1.165) is 24.6 Å². The van der Waals surface area contributed by atoms with Crippen LogP contribution in [0.5, 0.6) is 0 Å². The van der Waals surface area contributed by atoms with Crippen LogP contribution >= 0.6 is 35.3 Å². The second-order valence-corrected chi connectivity index (χ2v) is 7.64. The first kappa shape index (κ1) is 21.7. The highest BCUT2D eigenvalue weighted by atomic mass is 127. The van der Waals surface area contributed by atoms with Crippen LogP contribution < -0.4 is 10.6 Å². The lowest BCUT2D eigenvalue weighted by Gasteiger charge is -2.10. The molecule has 0 fully saturated rings. The molecule has 2 aromatic heterocycles. The van der Waals surface area contributed by atoms with Crippen LogP contribution in [-0.4, -0.2) is 29.5 Å². The number of para-hydroxylation sites is 1. The Morgan fingerprint density at radius 3 is 2.81 bits per heavy atom. The SMILES string of the molecule is CN=C(NCCc1c[nH]c2c(C)cccc12)NCc1csc(C(C)C)n1.I. The van der Waals surface area contributed by atoms with E-state index in [2.05, 4.69) is 76.1 Å². The molecule has 146 valence electrons. The molecule has 0 spiro atoms. The first-order chi connectivity index (χ1) is 12.6. The number of benzene rings is 1. The van der Waals surface area contributed by atoms with Gasteiger partial charge >= 0.3 is 0 Å². The van der Waals surface area contributed by atoms with Crippen molar-refractivity contribution in [1.82, 2.24) is 20.6 Å². The standard InChI is InChI=1S/C20H27N5S.HI/c1-13(2)19-25-16(12-26-19)11-24-20(21-4)22-9-8-15-10-23-18-14(3)6-5-7-17(15)18;/h5-7,10,12-13,23H,8-9,11H2,1-4H3,(H2,21,22,24);1H. The topological polar surface area (TPSA) is 65.1 Å². The Kier molecular flexibility index (Phi) is 8.09. The highest BCUT2D eigenvalue weighted by Gasteiger charge is 2.08. The quantitative estimate of drug-likeness (QED) is 0.265. The monoisotopic (exact) mass is 497 g/mol. The Hall–Kier alpha value is -1.61. The molecule has 1 aromatic carbocycles. The molecule has 2 heterocycles. The summed E-state index contributed by atoms with van der Waals surface area (Å²) in [6, 6.07) is 6.42. The molecule has 0 saturated heterocycles. The van der Waals surface area contributed by atoms with Crippen LogP contribution in [0.4, 0.5) is 0 Å². The molecule has 0 aliphatic heterocycles. The average molecular weight is 497 g/mol. The van der Waals surface area contributed by atoms with Crippen molar-refractivity contribution in [3.05, 3.63) is 51.6 Å². The van der Waals surface area contributed by atoms with Gasteiger partial charge in [0.15, 0.2) is 5.96 Å². The highest BCUT2D eigenvalue weighted by Crippen LogP contribution is 2.21. The number of aromatic nitrogens is 2. The molecule has 3 aromatic rings. The minimum atomic E-state index is 0. The van der Waals surface area contributed by atoms with E-state index in [4.69, 9.17) is 0 Å². The number of aryl methyl sites for hydroxylation is 1. The van der Waals surface area contributed by atoms with Crippen molar-refractivity contribution in [3.63, 3.8) is 0 Å². The van der Waals surface area contributed by atoms with Gasteiger partial charge in [-0.25, -0.2) is 4.98 Å². The van der Waals surface area contributed by atoms with E-state index in [1.54, 1.807) is 18.4 Å². The van der Waals surface area contributed by atoms with Crippen LogP contribution in [0.2, 0.25) is 0 Å². The lowest BCUT2D eigenvalue weighted by Crippen LogP contribution is -2.37. The predicted molar refractivity (Wildman–Crippen MR) is 127 cm³/mol. The Morgan fingerprint density at radius 2 is 2.11 bits per heavy atom. The number of aromatic amines is 1. The number of thiazole rings is 1. The van der Waals surface area contributed by atoms with Crippen LogP contribution in [0.1, 0.15) is 41.6 Å². The summed E-state index contributed by atoms with van der Waals surface area (Å²) in [5.41, 5.74) is 4.90. The van der Waals surface area contributed by atoms with Gasteiger partial charge in [0.2, 0.25) is 0 Å². The summed E-state index contributed by atoms with van der Waals surface area (Å²) in [6.07, 6.45) is 3.05. The zero-order chi connectivity index (χ0) is 18.5. The molecule has 7 heteroatoms. The van der Waals surface area contributed by atoms with Gasteiger partial charge in [0.25, 0.3) is 0 Å². The molecule has 3 rings (SSSR count). The number of rotatable bonds is 6. The van der Waals surface area contributed by atoms with Gasteiger partial charge in [-0.15, -0.1) is 35.3 Å². The summed E-state index contributed by atoms with van der Waals surface area (Å²) >= 11 is 1.72. The second-order valence-electron chi connectivity index (χ2n) is 6.75. The van der Waals surface area contributed by atoms with Gasteiger partial charge in [0.05, 0.1) is 17.2 Å². The number of hydrogen-bond donors (Lipinski definition) is 3. The van der Waals surface area contributed by atoms with E-state index in [9.17, 15) is 0 Å². The molecule has 0 bridgehead atoms. The molecular weight excluding hydrogens is 469 g/mol. The molecule has 0 amide bonds. The van der Waals surface area contributed by atoms with E-state index >= 15 is 0 Å². The van der Waals surface area contributed by atoms with Crippen molar-refractivity contribution in [2.24, 2.45) is 4.99 Å². The maximum absolute atomic E-state index is 4.65. The summed E-state index contributed by atoms with van der Waals surface area (Å²) in [6.45, 7) is 7.99. The fourth-order valence-corrected chi connectivity index (χ4v) is 3.79. The first-order valence-corrected chi connectivity index (χ1v) is 9.91. The zero-order valence-corrected chi connectivity index (χ0v) is 19.4. The molecule has 0 atom stereocenters. The Labute approximate surface area is 182 Å². The van der Waals surface area contributed by atoms with Gasteiger partial charge in [-0.1, -0.05) is 32.0 Å². The van der Waals surface area contributed by atoms with E-state index in [-0.39, 0.29) is 24.0 Å². The molecular formula is C20H28IN5S. The van der Waals surface area contributed by atoms with Crippen LogP contribution in [0.25, 0.3) is 10.9 Å². The Bertz CT molecular complexity index is 897. The Morgan fingerprint density at radius 1 is 1.30 bits per heavy atom. The number of halogens is 1. The summed E-state index contributed by atoms with van der Waals surface area (Å²) in [4.78, 5) is 12.3. The van der Waals surface area contributed by atoms with E-state index in [1.165, 1.54) is 27.0 Å². The molecule has 0 saturated carbocycles. The normalized spacial score (nSPS) is 11.7. The molecule has 27 heavy (non-hydrogen) atoms. The van der Waals surface area contributed by atoms with Gasteiger partial charge < -0.3 is 15.6 Å². The number of fused-ring (bicyclic) bond motifs is 1. The van der Waals surface area contributed by atoms with Crippen LogP contribution in [0.15, 0.2) is 34.8 Å². The lowest BCUT2D eigenvalue weighted by molar-refractivity contribution is 0.777. The molecule has 3 N–H and O–H groups in total. The summed E-state index contributed by atoms with van der Waals surface area (Å²) in [7, 11) is 1.80. The van der Waals surface area contributed by atoms with E-state index in [1.807, 2.05) is 0 Å². The third-order valence-corrected chi connectivity index (χ3v) is 5.61. The molecule has 0 unspecified atom stereocenters. The smallest absolute Gasteiger partial charge is 0.191 e. The molecule has 0 radical (unpaired) electrons. The van der Waals surface area contributed by atoms with Crippen LogP contribution in [-0.2, 0) is 13.0 Å². The minimum absolute atomic E-state index is 0. The van der Waals surface area contributed by atoms with Gasteiger partial charge in [0.1, 0.15) is 0 Å². The highest BCUT2D eigenvalue weighted by molar-refractivity contribution is 14.0. The molecule has 0 aliphatic carbocycles. The number of hydrogen-bond acceptors (Lipinski definition) is 3. The van der Waals surface area contributed by atoms with Gasteiger partial charge in [-0.3, -0.25) is 4.99 Å². The molecule has 0 aliphatic rings. The first-order valence-electron chi connectivity index (χ1n) is 9.03. The largest absolute Gasteiger partial charge is 0.361 e. The summed E-state index contributed by atoms with van der Waals surface area (Å²) in [5, 5.41) is 11.3. The maximum Gasteiger partial charge on any atom is 0.191 e. The van der Waals surface area contributed by atoms with Crippen LogP contribution in [0, 0.1) is 6.92 Å². The predicted octanol–water partition coefficient (Wildman–Crippen LogP) is 4.58. The van der Waals surface area contributed by atoms with Crippen molar-refractivity contribution in [2.45, 2.75) is 39.7 Å². The fourth-order valence-electron chi connectivity index (χ4n) is 2.95. The molecule has 5 nitrogen and oxygen atoms in total. The van der Waals surface area contributed by atoms with Gasteiger partial charge in [-0.2, -0.15) is 0 Å². The van der Waals surface area contributed by atoms with Gasteiger partial charge in [-0.05, 0) is 24.5 Å². The average Bonchev–Trinajstić information content (AvgIpc) is 3.26. The number of guanidine groups is 1. The summed E-state index contributed by atoms with van der Waals surface area (Å²) < 4.78 is 0. The van der Waals surface area contributed by atoms with Crippen molar-refractivity contribution >= 4 is 52.2 Å². The number of aliphatic imine (C=N–C) groups is 1. The fraction of sp³-hybridized carbons (Fsp3) is 0.400. The van der Waals surface area contributed by atoms with Gasteiger partial charge in [0, 0.05) is 42.0 Å². The lowest BCUT2D eigenvalue weighted by atomic mass is 10.1. The van der Waals surface area contributed by atoms with Crippen molar-refractivity contribution in [2.75, 3.05) is 13.6 Å². The van der Waals surface area contributed by atoms with Crippen LogP contribution in [0.3, 0.4) is 0 Å². The minimum Gasteiger partial charge on any atom is -0.361 e. The third kappa shape index (κ3) is 5.44. The summed E-state index contributed by atoms with van der Waals surface area (Å²) in [5.74, 6) is 1.28. The number of H-pyrrole nitrogens is 1. The number of nitrogens with zero attached hydrogens (tertiary/aromatic N) is 2.